The van der Waals surface area contributed by atoms with Gasteiger partial charge in [-0.25, -0.2) is 4.39 Å². The monoisotopic (exact) mass is 309 g/mol. The number of benzene rings is 2. The predicted molar refractivity (Wildman–Crippen MR) is 83.9 cm³/mol. The van der Waals surface area contributed by atoms with Gasteiger partial charge in [0.1, 0.15) is 5.82 Å². The van der Waals surface area contributed by atoms with E-state index < -0.39 is 0 Å². The van der Waals surface area contributed by atoms with Gasteiger partial charge in [-0.15, -0.1) is 0 Å². The van der Waals surface area contributed by atoms with E-state index in [0.717, 1.165) is 21.8 Å². The van der Waals surface area contributed by atoms with Crippen LogP contribution >= 0.6 is 23.4 Å². The molecule has 2 aromatic rings. The molecule has 4 heteroatoms. The third-order valence-electron chi connectivity index (χ3n) is 3.07. The molecular formula is C16H17ClFNS. The molecule has 0 saturated carbocycles. The van der Waals surface area contributed by atoms with Crippen molar-refractivity contribution < 1.29 is 4.39 Å². The Morgan fingerprint density at radius 1 is 1.20 bits per heavy atom. The Hall–Kier alpha value is -1.03. The number of halogens is 2. The Bertz CT molecular complexity index is 571. The molecule has 1 unspecified atom stereocenters. The summed E-state index contributed by atoms with van der Waals surface area (Å²) in [7, 11) is 0. The number of rotatable bonds is 5. The van der Waals surface area contributed by atoms with Crippen molar-refractivity contribution in [1.82, 2.24) is 0 Å². The fourth-order valence-electron chi connectivity index (χ4n) is 1.86. The first-order chi connectivity index (χ1) is 9.58. The fraction of sp³-hybridized carbons (Fsp3) is 0.250. The lowest BCUT2D eigenvalue weighted by Crippen LogP contribution is -2.21. The van der Waals surface area contributed by atoms with Crippen molar-refractivity contribution in [2.24, 2.45) is 5.73 Å². The van der Waals surface area contributed by atoms with Crippen LogP contribution in [0.2, 0.25) is 5.02 Å². The summed E-state index contributed by atoms with van der Waals surface area (Å²) in [6, 6.07) is 12.6. The van der Waals surface area contributed by atoms with Crippen LogP contribution in [0, 0.1) is 5.82 Å². The van der Waals surface area contributed by atoms with Crippen molar-refractivity contribution >= 4 is 23.4 Å². The molecule has 0 bridgehead atoms. The van der Waals surface area contributed by atoms with E-state index in [9.17, 15) is 4.39 Å². The van der Waals surface area contributed by atoms with Gasteiger partial charge >= 0.3 is 0 Å². The molecule has 2 aromatic carbocycles. The molecule has 0 aliphatic carbocycles. The molecule has 0 aliphatic heterocycles. The van der Waals surface area contributed by atoms with Gasteiger partial charge in [0.2, 0.25) is 0 Å². The zero-order chi connectivity index (χ0) is 14.5. The first-order valence-electron chi connectivity index (χ1n) is 6.56. The topological polar surface area (TPSA) is 26.0 Å². The predicted octanol–water partition coefficient (Wildman–Crippen LogP) is 4.91. The molecular weight excluding hydrogens is 293 g/mol. The zero-order valence-electron chi connectivity index (χ0n) is 11.3. The van der Waals surface area contributed by atoms with E-state index in [1.54, 1.807) is 17.8 Å². The summed E-state index contributed by atoms with van der Waals surface area (Å²) < 4.78 is 13.4. The first kappa shape index (κ1) is 15.4. The highest BCUT2D eigenvalue weighted by Crippen LogP contribution is 2.32. The van der Waals surface area contributed by atoms with Gasteiger partial charge in [0.05, 0.1) is 0 Å². The van der Waals surface area contributed by atoms with Crippen molar-refractivity contribution in [3.63, 3.8) is 0 Å². The van der Waals surface area contributed by atoms with Crippen LogP contribution in [0.5, 0.6) is 0 Å². The second kappa shape index (κ2) is 7.11. The van der Waals surface area contributed by atoms with Gasteiger partial charge < -0.3 is 5.73 Å². The number of nitrogens with two attached hydrogens (primary N) is 1. The van der Waals surface area contributed by atoms with Crippen molar-refractivity contribution in [2.45, 2.75) is 35.6 Å². The second-order valence-electron chi connectivity index (χ2n) is 4.68. The summed E-state index contributed by atoms with van der Waals surface area (Å²) in [6.45, 7) is 2.04. The van der Waals surface area contributed by atoms with Gasteiger partial charge in [0.15, 0.2) is 0 Å². The third-order valence-corrected chi connectivity index (χ3v) is 4.45. The highest BCUT2D eigenvalue weighted by molar-refractivity contribution is 7.99. The lowest BCUT2D eigenvalue weighted by molar-refractivity contribution is 0.610. The van der Waals surface area contributed by atoms with Crippen LogP contribution in [0.25, 0.3) is 0 Å². The molecule has 1 nitrogen and oxygen atoms in total. The molecule has 0 spiro atoms. The normalized spacial score (nSPS) is 12.4. The Morgan fingerprint density at radius 3 is 2.55 bits per heavy atom. The Kier molecular flexibility index (Phi) is 5.46. The molecule has 2 N–H and O–H groups in total. The van der Waals surface area contributed by atoms with Crippen LogP contribution in [-0.2, 0) is 6.42 Å². The van der Waals surface area contributed by atoms with Crippen molar-refractivity contribution in [3.8, 4) is 0 Å². The van der Waals surface area contributed by atoms with E-state index in [0.29, 0.717) is 11.4 Å². The summed E-state index contributed by atoms with van der Waals surface area (Å²) >= 11 is 7.48. The standard InChI is InChI=1S/C16H17ClFNS/c1-2-14(19)10-11-9-13(18)5-8-16(11)20-15-6-3-12(17)4-7-15/h3-9,14H,2,10,19H2,1H3. The van der Waals surface area contributed by atoms with Crippen LogP contribution in [0.4, 0.5) is 4.39 Å². The summed E-state index contributed by atoms with van der Waals surface area (Å²) in [5.74, 6) is -0.219. The number of hydrogen-bond donors (Lipinski definition) is 1. The molecule has 2 rings (SSSR count). The van der Waals surface area contributed by atoms with Crippen LogP contribution in [0.1, 0.15) is 18.9 Å². The minimum absolute atomic E-state index is 0.0568. The minimum Gasteiger partial charge on any atom is -0.327 e. The summed E-state index contributed by atoms with van der Waals surface area (Å²) in [6.07, 6.45) is 1.56. The van der Waals surface area contributed by atoms with E-state index in [-0.39, 0.29) is 11.9 Å². The van der Waals surface area contributed by atoms with E-state index >= 15 is 0 Å². The van der Waals surface area contributed by atoms with E-state index in [2.05, 4.69) is 0 Å². The molecule has 0 aromatic heterocycles. The molecule has 0 saturated heterocycles. The van der Waals surface area contributed by atoms with Crippen LogP contribution in [0.15, 0.2) is 52.3 Å². The lowest BCUT2D eigenvalue weighted by atomic mass is 10.0. The van der Waals surface area contributed by atoms with Gasteiger partial charge in [0, 0.05) is 20.9 Å². The second-order valence-corrected chi connectivity index (χ2v) is 6.23. The van der Waals surface area contributed by atoms with Crippen molar-refractivity contribution in [2.75, 3.05) is 0 Å². The van der Waals surface area contributed by atoms with Crippen LogP contribution in [0.3, 0.4) is 0 Å². The molecule has 20 heavy (non-hydrogen) atoms. The highest BCUT2D eigenvalue weighted by atomic mass is 35.5. The molecule has 0 fully saturated rings. The zero-order valence-corrected chi connectivity index (χ0v) is 12.8. The molecule has 0 heterocycles. The maximum absolute atomic E-state index is 13.4. The average molecular weight is 310 g/mol. The van der Waals surface area contributed by atoms with Crippen molar-refractivity contribution in [3.05, 3.63) is 58.9 Å². The Morgan fingerprint density at radius 2 is 1.90 bits per heavy atom. The molecule has 106 valence electrons. The van der Waals surface area contributed by atoms with Crippen LogP contribution < -0.4 is 5.73 Å². The lowest BCUT2D eigenvalue weighted by Gasteiger charge is -2.13. The maximum atomic E-state index is 13.4. The molecule has 0 radical (unpaired) electrons. The Labute approximate surface area is 128 Å². The Balaban J connectivity index is 2.23. The van der Waals surface area contributed by atoms with Gasteiger partial charge in [-0.2, -0.15) is 0 Å². The number of hydrogen-bond acceptors (Lipinski definition) is 2. The smallest absolute Gasteiger partial charge is 0.123 e. The average Bonchev–Trinajstić information content (AvgIpc) is 2.44. The SMILES string of the molecule is CCC(N)Cc1cc(F)ccc1Sc1ccc(Cl)cc1. The van der Waals surface area contributed by atoms with Crippen molar-refractivity contribution in [1.29, 1.82) is 0 Å². The van der Waals surface area contributed by atoms with E-state index in [1.807, 2.05) is 37.3 Å². The quantitative estimate of drug-likeness (QED) is 0.849. The molecule has 0 amide bonds. The summed E-state index contributed by atoms with van der Waals surface area (Å²) in [4.78, 5) is 2.12. The largest absolute Gasteiger partial charge is 0.327 e. The van der Waals surface area contributed by atoms with E-state index in [1.165, 1.54) is 6.07 Å². The minimum atomic E-state index is -0.219. The van der Waals surface area contributed by atoms with Crippen LogP contribution in [-0.4, -0.2) is 6.04 Å². The fourth-order valence-corrected chi connectivity index (χ4v) is 2.93. The highest BCUT2D eigenvalue weighted by Gasteiger charge is 2.09. The third kappa shape index (κ3) is 4.23. The van der Waals surface area contributed by atoms with Gasteiger partial charge in [-0.3, -0.25) is 0 Å². The molecule has 0 aliphatic rings. The first-order valence-corrected chi connectivity index (χ1v) is 7.75. The van der Waals surface area contributed by atoms with Gasteiger partial charge in [-0.05, 0) is 60.9 Å². The maximum Gasteiger partial charge on any atom is 0.123 e. The van der Waals surface area contributed by atoms with Gasteiger partial charge in [-0.1, -0.05) is 30.3 Å². The molecule has 1 atom stereocenters. The van der Waals surface area contributed by atoms with E-state index in [4.69, 9.17) is 17.3 Å². The summed E-state index contributed by atoms with van der Waals surface area (Å²) in [5.41, 5.74) is 6.95. The van der Waals surface area contributed by atoms with Gasteiger partial charge in [0.25, 0.3) is 0 Å². The summed E-state index contributed by atoms with van der Waals surface area (Å²) in [5, 5.41) is 0.710.